The Morgan fingerprint density at radius 3 is 2.56 bits per heavy atom. The fourth-order valence-corrected chi connectivity index (χ4v) is 3.48. The molecule has 2 aliphatic rings. The summed E-state index contributed by atoms with van der Waals surface area (Å²) in [4.78, 5) is 2.33. The second-order valence-corrected chi connectivity index (χ2v) is 5.72. The molecule has 0 saturated heterocycles. The van der Waals surface area contributed by atoms with E-state index in [0.29, 0.717) is 6.04 Å². The number of amidine groups is 1. The van der Waals surface area contributed by atoms with Crippen molar-refractivity contribution in [3.8, 4) is 0 Å². The summed E-state index contributed by atoms with van der Waals surface area (Å²) in [6, 6.07) is 9.00. The molecule has 1 N–H and O–H groups in total. The summed E-state index contributed by atoms with van der Waals surface area (Å²) >= 11 is 0. The molecule has 1 aromatic rings. The summed E-state index contributed by atoms with van der Waals surface area (Å²) in [5.74, 6) is 1.69. The Bertz CT molecular complexity index is 444. The zero-order chi connectivity index (χ0) is 12.5. The Balaban J connectivity index is 1.71. The van der Waals surface area contributed by atoms with Gasteiger partial charge >= 0.3 is 0 Å². The summed E-state index contributed by atoms with van der Waals surface area (Å²) in [6.45, 7) is 3.26. The molecule has 0 unspecified atom stereocenters. The molecule has 1 aromatic carbocycles. The highest BCUT2D eigenvalue weighted by molar-refractivity contribution is 6.00. The molecule has 0 aromatic heterocycles. The lowest BCUT2D eigenvalue weighted by molar-refractivity contribution is 0.203. The average Bonchev–Trinajstić information content (AvgIpc) is 2.77. The van der Waals surface area contributed by atoms with Crippen molar-refractivity contribution in [3.05, 3.63) is 35.4 Å². The van der Waals surface area contributed by atoms with Crippen LogP contribution in [0.1, 0.15) is 50.2 Å². The number of fused-ring (bicyclic) bond motifs is 1. The number of nitrogens with zero attached hydrogens (tertiary/aromatic N) is 1. The molecule has 2 heteroatoms. The lowest BCUT2D eigenvalue weighted by atomic mass is 9.84. The Kier molecular flexibility index (Phi) is 3.11. The van der Waals surface area contributed by atoms with Crippen molar-refractivity contribution in [2.45, 2.75) is 51.6 Å². The lowest BCUT2D eigenvalue weighted by Gasteiger charge is -2.35. The van der Waals surface area contributed by atoms with Crippen LogP contribution in [0, 0.1) is 11.3 Å². The molecule has 0 radical (unpaired) electrons. The third-order valence-electron chi connectivity index (χ3n) is 4.73. The van der Waals surface area contributed by atoms with Gasteiger partial charge in [0.05, 0.1) is 0 Å². The fraction of sp³-hybridized carbons (Fsp3) is 0.562. The van der Waals surface area contributed by atoms with Crippen LogP contribution < -0.4 is 0 Å². The summed E-state index contributed by atoms with van der Waals surface area (Å²) in [7, 11) is 0. The second kappa shape index (κ2) is 4.75. The maximum atomic E-state index is 8.35. The van der Waals surface area contributed by atoms with Crippen LogP contribution in [0.25, 0.3) is 0 Å². The first kappa shape index (κ1) is 11.8. The Labute approximate surface area is 110 Å². The lowest BCUT2D eigenvalue weighted by Crippen LogP contribution is -2.38. The van der Waals surface area contributed by atoms with Crippen molar-refractivity contribution in [2.24, 2.45) is 5.92 Å². The number of benzene rings is 1. The van der Waals surface area contributed by atoms with E-state index < -0.39 is 0 Å². The molecule has 1 aliphatic carbocycles. The largest absolute Gasteiger partial charge is 0.349 e. The van der Waals surface area contributed by atoms with E-state index in [1.807, 2.05) is 6.07 Å². The van der Waals surface area contributed by atoms with Gasteiger partial charge in [-0.25, -0.2) is 0 Å². The van der Waals surface area contributed by atoms with Crippen LogP contribution in [-0.2, 0) is 6.54 Å². The van der Waals surface area contributed by atoms with Gasteiger partial charge in [0.15, 0.2) is 0 Å². The van der Waals surface area contributed by atoms with Crippen molar-refractivity contribution in [1.29, 1.82) is 5.41 Å². The molecule has 18 heavy (non-hydrogen) atoms. The molecular formula is C16H22N2. The second-order valence-electron chi connectivity index (χ2n) is 5.72. The molecule has 1 aliphatic heterocycles. The average molecular weight is 242 g/mol. The van der Waals surface area contributed by atoms with E-state index in [0.717, 1.165) is 23.9 Å². The van der Waals surface area contributed by atoms with E-state index in [-0.39, 0.29) is 0 Å². The van der Waals surface area contributed by atoms with Gasteiger partial charge in [-0.3, -0.25) is 5.41 Å². The van der Waals surface area contributed by atoms with Gasteiger partial charge in [-0.2, -0.15) is 0 Å². The number of nitrogens with one attached hydrogen (secondary N) is 1. The number of hydrogen-bond acceptors (Lipinski definition) is 1. The standard InChI is InChI=1S/C16H22N2/c1-2-12-7-9-14(10-8-12)18-11-13-5-3-4-6-15(13)16(18)17/h3-6,12,14,17H,2,7-11H2,1H3. The van der Waals surface area contributed by atoms with Crippen LogP contribution in [0.15, 0.2) is 24.3 Å². The minimum absolute atomic E-state index is 0.604. The summed E-state index contributed by atoms with van der Waals surface area (Å²) in [6.07, 6.45) is 6.57. The molecule has 1 saturated carbocycles. The quantitative estimate of drug-likeness (QED) is 0.839. The van der Waals surface area contributed by atoms with E-state index in [4.69, 9.17) is 5.41 Å². The molecular weight excluding hydrogens is 220 g/mol. The highest BCUT2D eigenvalue weighted by atomic mass is 15.2. The van der Waals surface area contributed by atoms with Gasteiger partial charge in [0.25, 0.3) is 0 Å². The fourth-order valence-electron chi connectivity index (χ4n) is 3.48. The maximum absolute atomic E-state index is 8.35. The van der Waals surface area contributed by atoms with Gasteiger partial charge in [0, 0.05) is 18.2 Å². The van der Waals surface area contributed by atoms with Crippen LogP contribution in [0.4, 0.5) is 0 Å². The topological polar surface area (TPSA) is 27.1 Å². The maximum Gasteiger partial charge on any atom is 0.128 e. The van der Waals surface area contributed by atoms with Gasteiger partial charge in [-0.05, 0) is 37.2 Å². The molecule has 1 heterocycles. The highest BCUT2D eigenvalue weighted by Gasteiger charge is 2.31. The molecule has 3 rings (SSSR count). The van der Waals surface area contributed by atoms with Gasteiger partial charge in [-0.1, -0.05) is 37.6 Å². The first-order chi connectivity index (χ1) is 8.79. The van der Waals surface area contributed by atoms with Crippen LogP contribution in [0.3, 0.4) is 0 Å². The molecule has 96 valence electrons. The van der Waals surface area contributed by atoms with Crippen molar-refractivity contribution in [1.82, 2.24) is 4.90 Å². The smallest absolute Gasteiger partial charge is 0.128 e. The van der Waals surface area contributed by atoms with E-state index in [9.17, 15) is 0 Å². The molecule has 0 amide bonds. The molecule has 1 fully saturated rings. The predicted molar refractivity (Wildman–Crippen MR) is 74.9 cm³/mol. The van der Waals surface area contributed by atoms with E-state index >= 15 is 0 Å². The monoisotopic (exact) mass is 242 g/mol. The zero-order valence-electron chi connectivity index (χ0n) is 11.2. The van der Waals surface area contributed by atoms with E-state index in [1.165, 1.54) is 37.7 Å². The summed E-state index contributed by atoms with van der Waals surface area (Å²) < 4.78 is 0. The minimum Gasteiger partial charge on any atom is -0.349 e. The normalized spacial score (nSPS) is 27.4. The van der Waals surface area contributed by atoms with Gasteiger partial charge < -0.3 is 4.90 Å². The molecule has 0 spiro atoms. The van der Waals surface area contributed by atoms with Crippen LogP contribution >= 0.6 is 0 Å². The minimum atomic E-state index is 0.604. The summed E-state index contributed by atoms with van der Waals surface area (Å²) in [5.41, 5.74) is 2.48. The first-order valence-corrected chi connectivity index (χ1v) is 7.23. The Morgan fingerprint density at radius 1 is 1.17 bits per heavy atom. The third-order valence-corrected chi connectivity index (χ3v) is 4.73. The number of hydrogen-bond donors (Lipinski definition) is 1. The zero-order valence-corrected chi connectivity index (χ0v) is 11.2. The SMILES string of the molecule is CCC1CCC(N2Cc3ccccc3C2=N)CC1. The predicted octanol–water partition coefficient (Wildman–Crippen LogP) is 3.80. The van der Waals surface area contributed by atoms with Crippen molar-refractivity contribution in [3.63, 3.8) is 0 Å². The van der Waals surface area contributed by atoms with Gasteiger partial charge in [0.1, 0.15) is 5.84 Å². The van der Waals surface area contributed by atoms with E-state index in [1.54, 1.807) is 0 Å². The van der Waals surface area contributed by atoms with E-state index in [2.05, 4.69) is 30.0 Å². The van der Waals surface area contributed by atoms with Crippen molar-refractivity contribution < 1.29 is 0 Å². The number of rotatable bonds is 2. The van der Waals surface area contributed by atoms with Crippen LogP contribution in [0.2, 0.25) is 0 Å². The van der Waals surface area contributed by atoms with Crippen molar-refractivity contribution in [2.75, 3.05) is 0 Å². The third kappa shape index (κ3) is 1.94. The molecule has 0 bridgehead atoms. The van der Waals surface area contributed by atoms with Crippen LogP contribution in [-0.4, -0.2) is 16.8 Å². The van der Waals surface area contributed by atoms with Crippen molar-refractivity contribution >= 4 is 5.84 Å². The molecule has 0 atom stereocenters. The van der Waals surface area contributed by atoms with Gasteiger partial charge in [-0.15, -0.1) is 0 Å². The molecule has 2 nitrogen and oxygen atoms in total. The van der Waals surface area contributed by atoms with Crippen LogP contribution in [0.5, 0.6) is 0 Å². The highest BCUT2D eigenvalue weighted by Crippen LogP contribution is 2.33. The summed E-state index contributed by atoms with van der Waals surface area (Å²) in [5, 5.41) is 8.35. The first-order valence-electron chi connectivity index (χ1n) is 7.23. The Morgan fingerprint density at radius 2 is 1.89 bits per heavy atom. The van der Waals surface area contributed by atoms with Gasteiger partial charge in [0.2, 0.25) is 0 Å². The Hall–Kier alpha value is -1.31.